The average molecular weight is 265 g/mol. The van der Waals surface area contributed by atoms with E-state index < -0.39 is 23.2 Å². The summed E-state index contributed by atoms with van der Waals surface area (Å²) in [5, 5.41) is 6.11. The lowest BCUT2D eigenvalue weighted by atomic mass is 10.2. The quantitative estimate of drug-likeness (QED) is 0.851. The van der Waals surface area contributed by atoms with Crippen molar-refractivity contribution in [1.29, 1.82) is 0 Å². The molecular formula is C12H9F2N3O2. The molecule has 1 aromatic carbocycles. The SMILES string of the molecule is CNC(=O)c1ccn(-c2c(F)cc(C=O)cc2F)n1. The van der Waals surface area contributed by atoms with Gasteiger partial charge in [-0.05, 0) is 18.2 Å². The molecule has 0 bridgehead atoms. The van der Waals surface area contributed by atoms with Crippen LogP contribution in [0, 0.1) is 11.6 Å². The molecule has 0 aliphatic rings. The van der Waals surface area contributed by atoms with Gasteiger partial charge in [0.25, 0.3) is 5.91 Å². The Morgan fingerprint density at radius 3 is 2.53 bits per heavy atom. The topological polar surface area (TPSA) is 64.0 Å². The van der Waals surface area contributed by atoms with Crippen LogP contribution >= 0.6 is 0 Å². The van der Waals surface area contributed by atoms with E-state index in [4.69, 9.17) is 0 Å². The number of carbonyl (C=O) groups is 2. The molecule has 1 aromatic heterocycles. The van der Waals surface area contributed by atoms with Crippen LogP contribution in [0.2, 0.25) is 0 Å². The molecule has 0 aliphatic carbocycles. The van der Waals surface area contributed by atoms with E-state index in [0.29, 0.717) is 6.29 Å². The second-order valence-electron chi connectivity index (χ2n) is 3.68. The molecule has 0 spiro atoms. The summed E-state index contributed by atoms with van der Waals surface area (Å²) in [4.78, 5) is 21.8. The Bertz CT molecular complexity index is 629. The standard InChI is InChI=1S/C12H9F2N3O2/c1-15-12(19)10-2-3-17(16-10)11-8(13)4-7(6-18)5-9(11)14/h2-6H,1H3,(H,15,19). The Kier molecular flexibility index (Phi) is 3.37. The first kappa shape index (κ1) is 12.9. The molecule has 0 atom stereocenters. The van der Waals surface area contributed by atoms with E-state index >= 15 is 0 Å². The number of rotatable bonds is 3. The number of hydrogen-bond acceptors (Lipinski definition) is 3. The molecule has 0 saturated heterocycles. The number of amides is 1. The molecule has 0 fully saturated rings. The van der Waals surface area contributed by atoms with Crippen LogP contribution in [0.1, 0.15) is 20.8 Å². The minimum Gasteiger partial charge on any atom is -0.354 e. The van der Waals surface area contributed by atoms with Crippen molar-refractivity contribution >= 4 is 12.2 Å². The number of benzene rings is 1. The van der Waals surface area contributed by atoms with Crippen molar-refractivity contribution < 1.29 is 18.4 Å². The van der Waals surface area contributed by atoms with Crippen LogP contribution in [0.15, 0.2) is 24.4 Å². The third-order valence-electron chi connectivity index (χ3n) is 2.45. The molecule has 0 radical (unpaired) electrons. The monoisotopic (exact) mass is 265 g/mol. The van der Waals surface area contributed by atoms with Crippen LogP contribution in [0.25, 0.3) is 5.69 Å². The normalized spacial score (nSPS) is 10.3. The first-order valence-corrected chi connectivity index (χ1v) is 5.29. The first-order chi connectivity index (χ1) is 9.06. The molecule has 2 rings (SSSR count). The van der Waals surface area contributed by atoms with Crippen molar-refractivity contribution in [1.82, 2.24) is 15.1 Å². The molecule has 0 unspecified atom stereocenters. The van der Waals surface area contributed by atoms with Crippen molar-refractivity contribution in [2.75, 3.05) is 7.05 Å². The van der Waals surface area contributed by atoms with Gasteiger partial charge < -0.3 is 5.32 Å². The van der Waals surface area contributed by atoms with Crippen molar-refractivity contribution in [2.45, 2.75) is 0 Å². The van der Waals surface area contributed by atoms with Gasteiger partial charge in [-0.2, -0.15) is 5.10 Å². The van der Waals surface area contributed by atoms with Gasteiger partial charge in [0, 0.05) is 18.8 Å². The summed E-state index contributed by atoms with van der Waals surface area (Å²) in [6.45, 7) is 0. The van der Waals surface area contributed by atoms with Crippen molar-refractivity contribution in [3.8, 4) is 5.69 Å². The number of aldehydes is 1. The number of carbonyl (C=O) groups excluding carboxylic acids is 2. The van der Waals surface area contributed by atoms with E-state index in [2.05, 4.69) is 10.4 Å². The minimum absolute atomic E-state index is 0.0285. The van der Waals surface area contributed by atoms with E-state index in [9.17, 15) is 18.4 Å². The summed E-state index contributed by atoms with van der Waals surface area (Å²) in [7, 11) is 1.42. The Hall–Kier alpha value is -2.57. The lowest BCUT2D eigenvalue weighted by molar-refractivity contribution is 0.0957. The number of nitrogens with one attached hydrogen (secondary N) is 1. The van der Waals surface area contributed by atoms with Gasteiger partial charge in [0.15, 0.2) is 17.3 Å². The maximum absolute atomic E-state index is 13.7. The highest BCUT2D eigenvalue weighted by Gasteiger charge is 2.16. The van der Waals surface area contributed by atoms with Crippen LogP contribution < -0.4 is 5.32 Å². The van der Waals surface area contributed by atoms with Gasteiger partial charge in [-0.1, -0.05) is 0 Å². The van der Waals surface area contributed by atoms with Gasteiger partial charge in [0.05, 0.1) is 0 Å². The number of hydrogen-bond donors (Lipinski definition) is 1. The van der Waals surface area contributed by atoms with Crippen molar-refractivity contribution in [2.24, 2.45) is 0 Å². The van der Waals surface area contributed by atoms with E-state index in [1.165, 1.54) is 19.3 Å². The molecule has 7 heteroatoms. The Labute approximate surface area is 106 Å². The maximum Gasteiger partial charge on any atom is 0.271 e. The van der Waals surface area contributed by atoms with Gasteiger partial charge in [0.2, 0.25) is 0 Å². The van der Waals surface area contributed by atoms with E-state index in [0.717, 1.165) is 16.8 Å². The summed E-state index contributed by atoms with van der Waals surface area (Å²) in [5.41, 5.74) is -0.529. The fourth-order valence-corrected chi connectivity index (χ4v) is 1.57. The summed E-state index contributed by atoms with van der Waals surface area (Å²) in [6, 6.07) is 3.12. The summed E-state index contributed by atoms with van der Waals surface area (Å²) >= 11 is 0. The highest BCUT2D eigenvalue weighted by Crippen LogP contribution is 2.18. The van der Waals surface area contributed by atoms with Gasteiger partial charge in [0.1, 0.15) is 12.0 Å². The van der Waals surface area contributed by atoms with Crippen molar-refractivity contribution in [3.63, 3.8) is 0 Å². The van der Waals surface area contributed by atoms with Crippen LogP contribution in [0.3, 0.4) is 0 Å². The first-order valence-electron chi connectivity index (χ1n) is 5.29. The fraction of sp³-hybridized carbons (Fsp3) is 0.0833. The van der Waals surface area contributed by atoms with E-state index in [-0.39, 0.29) is 11.3 Å². The van der Waals surface area contributed by atoms with Gasteiger partial charge in [-0.3, -0.25) is 9.59 Å². The second kappa shape index (κ2) is 4.97. The molecule has 1 heterocycles. The molecule has 5 nitrogen and oxygen atoms in total. The van der Waals surface area contributed by atoms with Crippen LogP contribution in [-0.4, -0.2) is 29.0 Å². The van der Waals surface area contributed by atoms with Crippen LogP contribution in [0.5, 0.6) is 0 Å². The zero-order valence-electron chi connectivity index (χ0n) is 9.85. The predicted octanol–water partition coefficient (Wildman–Crippen LogP) is 1.32. The molecular weight excluding hydrogens is 256 g/mol. The largest absolute Gasteiger partial charge is 0.354 e. The van der Waals surface area contributed by atoms with E-state index in [1.807, 2.05) is 0 Å². The maximum atomic E-state index is 13.7. The summed E-state index contributed by atoms with van der Waals surface area (Å²) in [6.07, 6.45) is 1.60. The van der Waals surface area contributed by atoms with Gasteiger partial charge >= 0.3 is 0 Å². The van der Waals surface area contributed by atoms with Gasteiger partial charge in [-0.15, -0.1) is 0 Å². The minimum atomic E-state index is -0.936. The molecule has 0 saturated carbocycles. The third-order valence-corrected chi connectivity index (χ3v) is 2.45. The molecule has 0 aliphatic heterocycles. The predicted molar refractivity (Wildman–Crippen MR) is 62.3 cm³/mol. The second-order valence-corrected chi connectivity index (χ2v) is 3.68. The third kappa shape index (κ3) is 2.35. The Morgan fingerprint density at radius 1 is 1.37 bits per heavy atom. The highest BCUT2D eigenvalue weighted by molar-refractivity contribution is 5.91. The summed E-state index contributed by atoms with van der Waals surface area (Å²) < 4.78 is 28.3. The Balaban J connectivity index is 2.50. The molecule has 19 heavy (non-hydrogen) atoms. The highest BCUT2D eigenvalue weighted by atomic mass is 19.1. The lowest BCUT2D eigenvalue weighted by Gasteiger charge is -2.05. The number of nitrogens with zero attached hydrogens (tertiary/aromatic N) is 2. The van der Waals surface area contributed by atoms with Crippen molar-refractivity contribution in [3.05, 3.63) is 47.3 Å². The smallest absolute Gasteiger partial charge is 0.271 e. The molecule has 1 amide bonds. The summed E-state index contributed by atoms with van der Waals surface area (Å²) in [5.74, 6) is -2.34. The average Bonchev–Trinajstić information content (AvgIpc) is 2.86. The molecule has 1 N–H and O–H groups in total. The fourth-order valence-electron chi connectivity index (χ4n) is 1.57. The van der Waals surface area contributed by atoms with Crippen LogP contribution in [-0.2, 0) is 0 Å². The zero-order valence-corrected chi connectivity index (χ0v) is 9.85. The van der Waals surface area contributed by atoms with E-state index in [1.54, 1.807) is 0 Å². The lowest BCUT2D eigenvalue weighted by Crippen LogP contribution is -2.18. The van der Waals surface area contributed by atoms with Crippen LogP contribution in [0.4, 0.5) is 8.78 Å². The Morgan fingerprint density at radius 2 is 2.00 bits per heavy atom. The zero-order chi connectivity index (χ0) is 14.0. The molecule has 98 valence electrons. The van der Waals surface area contributed by atoms with Gasteiger partial charge in [-0.25, -0.2) is 13.5 Å². The molecule has 2 aromatic rings. The number of aromatic nitrogens is 2. The number of halogens is 2.